The fraction of sp³-hybridized carbons (Fsp3) is 0.211. The average Bonchev–Trinajstić information content (AvgIpc) is 2.53. The molecule has 1 amide bonds. The molecular weight excluding hydrogens is 343 g/mol. The number of nitrogens with one attached hydrogen (secondary N) is 1. The van der Waals surface area contributed by atoms with Crippen molar-refractivity contribution in [2.75, 3.05) is 18.9 Å². The Morgan fingerprint density at radius 3 is 2.79 bits per heavy atom. The van der Waals surface area contributed by atoms with Crippen LogP contribution in [0.2, 0.25) is 10.0 Å². The van der Waals surface area contributed by atoms with E-state index < -0.39 is 0 Å². The van der Waals surface area contributed by atoms with Crippen LogP contribution in [0.5, 0.6) is 0 Å². The van der Waals surface area contributed by atoms with Crippen LogP contribution in [0.3, 0.4) is 0 Å². The first-order valence-electron chi connectivity index (χ1n) is 7.76. The quantitative estimate of drug-likeness (QED) is 0.809. The molecule has 1 aliphatic rings. The molecule has 2 aromatic carbocycles. The van der Waals surface area contributed by atoms with Gasteiger partial charge in [0.15, 0.2) is 0 Å². The maximum absolute atomic E-state index is 12.1. The molecule has 0 unspecified atom stereocenters. The number of fused-ring (bicyclic) bond motifs is 1. The highest BCUT2D eigenvalue weighted by Gasteiger charge is 2.13. The van der Waals surface area contributed by atoms with E-state index in [-0.39, 0.29) is 5.91 Å². The van der Waals surface area contributed by atoms with E-state index in [1.165, 1.54) is 17.2 Å². The zero-order valence-electron chi connectivity index (χ0n) is 13.4. The fourth-order valence-electron chi connectivity index (χ4n) is 2.76. The van der Waals surface area contributed by atoms with Gasteiger partial charge >= 0.3 is 0 Å². The van der Waals surface area contributed by atoms with Crippen LogP contribution in [0.15, 0.2) is 42.5 Å². The Kier molecular flexibility index (Phi) is 5.24. The number of carbonyl (C=O) groups is 1. The van der Waals surface area contributed by atoms with Gasteiger partial charge in [0.2, 0.25) is 5.91 Å². The molecule has 1 N–H and O–H groups in total. The van der Waals surface area contributed by atoms with Gasteiger partial charge in [-0.25, -0.2) is 0 Å². The van der Waals surface area contributed by atoms with E-state index in [0.29, 0.717) is 10.0 Å². The number of carbonyl (C=O) groups excluding carboxylic acids is 1. The standard InChI is InChI=1S/C19H18Cl2N2O/c1-23-9-8-13-3-6-17(10-15(13)12-23)22-19(24)7-4-14-2-5-16(20)11-18(14)21/h2-7,10-11H,8-9,12H2,1H3,(H,22,24). The van der Waals surface area contributed by atoms with Crippen molar-refractivity contribution in [2.45, 2.75) is 13.0 Å². The second-order valence-electron chi connectivity index (χ2n) is 5.96. The lowest BCUT2D eigenvalue weighted by atomic mass is 9.99. The van der Waals surface area contributed by atoms with Crippen molar-refractivity contribution >= 4 is 40.9 Å². The van der Waals surface area contributed by atoms with Crippen molar-refractivity contribution in [1.29, 1.82) is 0 Å². The predicted molar refractivity (Wildman–Crippen MR) is 101 cm³/mol. The fourth-order valence-corrected chi connectivity index (χ4v) is 3.23. The maximum atomic E-state index is 12.1. The van der Waals surface area contributed by atoms with Gasteiger partial charge in [-0.05, 0) is 60.5 Å². The lowest BCUT2D eigenvalue weighted by Gasteiger charge is -2.25. The van der Waals surface area contributed by atoms with Gasteiger partial charge in [-0.15, -0.1) is 0 Å². The van der Waals surface area contributed by atoms with E-state index in [0.717, 1.165) is 30.8 Å². The van der Waals surface area contributed by atoms with Crippen LogP contribution in [0.4, 0.5) is 5.69 Å². The second-order valence-corrected chi connectivity index (χ2v) is 6.80. The summed E-state index contributed by atoms with van der Waals surface area (Å²) in [6.45, 7) is 1.98. The largest absolute Gasteiger partial charge is 0.323 e. The van der Waals surface area contributed by atoms with E-state index >= 15 is 0 Å². The first-order valence-corrected chi connectivity index (χ1v) is 8.51. The van der Waals surface area contributed by atoms with Gasteiger partial charge in [0.05, 0.1) is 0 Å². The highest BCUT2D eigenvalue weighted by Crippen LogP contribution is 2.23. The van der Waals surface area contributed by atoms with Crippen molar-refractivity contribution in [3.05, 3.63) is 69.2 Å². The van der Waals surface area contributed by atoms with Crippen LogP contribution in [0.1, 0.15) is 16.7 Å². The van der Waals surface area contributed by atoms with Crippen LogP contribution in [0.25, 0.3) is 6.08 Å². The molecule has 3 nitrogen and oxygen atoms in total. The topological polar surface area (TPSA) is 32.3 Å². The summed E-state index contributed by atoms with van der Waals surface area (Å²) in [4.78, 5) is 14.4. The summed E-state index contributed by atoms with van der Waals surface area (Å²) in [5.74, 6) is -0.190. The molecule has 24 heavy (non-hydrogen) atoms. The molecule has 0 fully saturated rings. The predicted octanol–water partition coefficient (Wildman–Crippen LogP) is 4.63. The molecule has 0 aliphatic carbocycles. The Morgan fingerprint density at radius 2 is 2.00 bits per heavy atom. The van der Waals surface area contributed by atoms with E-state index in [2.05, 4.69) is 23.3 Å². The number of rotatable bonds is 3. The van der Waals surface area contributed by atoms with E-state index in [4.69, 9.17) is 23.2 Å². The van der Waals surface area contributed by atoms with Gasteiger partial charge in [0, 0.05) is 34.9 Å². The molecule has 5 heteroatoms. The van der Waals surface area contributed by atoms with Crippen LogP contribution < -0.4 is 5.32 Å². The van der Waals surface area contributed by atoms with Crippen LogP contribution in [-0.2, 0) is 17.8 Å². The maximum Gasteiger partial charge on any atom is 0.248 e. The molecule has 1 heterocycles. The molecule has 0 spiro atoms. The third-order valence-electron chi connectivity index (χ3n) is 4.05. The number of nitrogens with zero attached hydrogens (tertiary/aromatic N) is 1. The summed E-state index contributed by atoms with van der Waals surface area (Å²) < 4.78 is 0. The Balaban J connectivity index is 1.68. The Morgan fingerprint density at radius 1 is 1.17 bits per heavy atom. The molecule has 0 saturated carbocycles. The minimum atomic E-state index is -0.190. The number of likely N-dealkylation sites (N-methyl/N-ethyl adjacent to an activating group) is 1. The molecule has 2 aromatic rings. The Hall–Kier alpha value is -1.81. The summed E-state index contributed by atoms with van der Waals surface area (Å²) in [6, 6.07) is 11.3. The highest BCUT2D eigenvalue weighted by molar-refractivity contribution is 6.35. The summed E-state index contributed by atoms with van der Waals surface area (Å²) in [5, 5.41) is 3.98. The summed E-state index contributed by atoms with van der Waals surface area (Å²) in [5.41, 5.74) is 4.19. The third-order valence-corrected chi connectivity index (χ3v) is 4.62. The number of hydrogen-bond acceptors (Lipinski definition) is 2. The first-order chi connectivity index (χ1) is 11.5. The number of anilines is 1. The lowest BCUT2D eigenvalue weighted by Crippen LogP contribution is -2.26. The van der Waals surface area contributed by atoms with Crippen molar-refractivity contribution in [3.63, 3.8) is 0 Å². The summed E-state index contributed by atoms with van der Waals surface area (Å²) in [7, 11) is 2.10. The molecule has 124 valence electrons. The van der Waals surface area contributed by atoms with Crippen molar-refractivity contribution in [3.8, 4) is 0 Å². The zero-order valence-corrected chi connectivity index (χ0v) is 14.9. The molecule has 0 atom stereocenters. The van der Waals surface area contributed by atoms with E-state index in [9.17, 15) is 4.79 Å². The Bertz CT molecular complexity index is 802. The molecule has 0 bridgehead atoms. The minimum Gasteiger partial charge on any atom is -0.323 e. The number of halogens is 2. The molecule has 1 aliphatic heterocycles. The monoisotopic (exact) mass is 360 g/mol. The molecule has 0 radical (unpaired) electrons. The Labute approximate surface area is 151 Å². The van der Waals surface area contributed by atoms with E-state index in [1.54, 1.807) is 24.3 Å². The van der Waals surface area contributed by atoms with Gasteiger partial charge in [-0.3, -0.25) is 4.79 Å². The van der Waals surface area contributed by atoms with Gasteiger partial charge in [-0.2, -0.15) is 0 Å². The van der Waals surface area contributed by atoms with E-state index in [1.807, 2.05) is 12.1 Å². The van der Waals surface area contributed by atoms with Gasteiger partial charge in [0.1, 0.15) is 0 Å². The van der Waals surface area contributed by atoms with Gasteiger partial charge in [0.25, 0.3) is 0 Å². The van der Waals surface area contributed by atoms with Gasteiger partial charge < -0.3 is 10.2 Å². The number of amides is 1. The number of benzene rings is 2. The smallest absolute Gasteiger partial charge is 0.248 e. The first kappa shape index (κ1) is 17.0. The van der Waals surface area contributed by atoms with Crippen molar-refractivity contribution in [1.82, 2.24) is 4.90 Å². The minimum absolute atomic E-state index is 0.190. The summed E-state index contributed by atoms with van der Waals surface area (Å²) >= 11 is 12.0. The second kappa shape index (κ2) is 7.39. The average molecular weight is 361 g/mol. The van der Waals surface area contributed by atoms with Crippen LogP contribution in [-0.4, -0.2) is 24.4 Å². The molecular formula is C19H18Cl2N2O. The van der Waals surface area contributed by atoms with Gasteiger partial charge in [-0.1, -0.05) is 35.3 Å². The molecule has 0 aromatic heterocycles. The molecule has 0 saturated heterocycles. The van der Waals surface area contributed by atoms with Crippen LogP contribution in [0, 0.1) is 0 Å². The third kappa shape index (κ3) is 4.18. The number of hydrogen-bond donors (Lipinski definition) is 1. The van der Waals surface area contributed by atoms with Crippen molar-refractivity contribution in [2.24, 2.45) is 0 Å². The molecule has 3 rings (SSSR count). The summed E-state index contributed by atoms with van der Waals surface area (Å²) in [6.07, 6.45) is 4.20. The van der Waals surface area contributed by atoms with Crippen molar-refractivity contribution < 1.29 is 4.79 Å². The zero-order chi connectivity index (χ0) is 17.1. The lowest BCUT2D eigenvalue weighted by molar-refractivity contribution is -0.111. The van der Waals surface area contributed by atoms with Crippen LogP contribution >= 0.6 is 23.2 Å². The highest BCUT2D eigenvalue weighted by atomic mass is 35.5. The SMILES string of the molecule is CN1CCc2ccc(NC(=O)C=Cc3ccc(Cl)cc3Cl)cc2C1. The normalized spacial score (nSPS) is 14.6.